The molecule has 0 aliphatic rings. The zero-order chi connectivity index (χ0) is 41.4. The van der Waals surface area contributed by atoms with Gasteiger partial charge in [-0.05, 0) is 135 Å². The van der Waals surface area contributed by atoms with Gasteiger partial charge in [0, 0.05) is 56.0 Å². The Labute approximate surface area is 361 Å². The van der Waals surface area contributed by atoms with Crippen molar-refractivity contribution < 1.29 is 8.83 Å². The summed E-state index contributed by atoms with van der Waals surface area (Å²) in [6.07, 6.45) is 5.51. The van der Waals surface area contributed by atoms with Crippen molar-refractivity contribution in [1.29, 1.82) is 0 Å². The Morgan fingerprint density at radius 1 is 0.317 bits per heavy atom. The summed E-state index contributed by atoms with van der Waals surface area (Å²) in [5, 5.41) is 6.67. The molecule has 5 heterocycles. The molecule has 0 aliphatic heterocycles. The van der Waals surface area contributed by atoms with Crippen LogP contribution < -0.4 is 0 Å². The van der Waals surface area contributed by atoms with Gasteiger partial charge in [-0.25, -0.2) is 4.98 Å². The Hall–Kier alpha value is -8.54. The monoisotopic (exact) mass is 805 g/mol. The highest BCUT2D eigenvalue weighted by Crippen LogP contribution is 2.39. The van der Waals surface area contributed by atoms with Crippen molar-refractivity contribution in [2.45, 2.75) is 0 Å². The fraction of sp³-hybridized carbons (Fsp3) is 0. The smallest absolute Gasteiger partial charge is 0.227 e. The number of furan rings is 2. The zero-order valence-corrected chi connectivity index (χ0v) is 33.9. The van der Waals surface area contributed by atoms with Crippen LogP contribution in [0.4, 0.5) is 0 Å². The predicted molar refractivity (Wildman–Crippen MR) is 258 cm³/mol. The minimum atomic E-state index is 0.631. The molecule has 0 radical (unpaired) electrons. The van der Waals surface area contributed by atoms with Gasteiger partial charge >= 0.3 is 0 Å². The highest BCUT2D eigenvalue weighted by Gasteiger charge is 2.16. The molecule has 0 atom stereocenters. The summed E-state index contributed by atoms with van der Waals surface area (Å²) in [5.41, 5.74) is 18.0. The molecule has 8 aromatic carbocycles. The van der Waals surface area contributed by atoms with Crippen molar-refractivity contribution in [3.8, 4) is 61.3 Å². The number of benzene rings is 8. The molecule has 63 heavy (non-hydrogen) atoms. The zero-order valence-electron chi connectivity index (χ0n) is 33.9. The second-order valence-corrected chi connectivity index (χ2v) is 16.2. The van der Waals surface area contributed by atoms with E-state index in [1.807, 2.05) is 18.5 Å². The van der Waals surface area contributed by atoms with Gasteiger partial charge in [0.15, 0.2) is 5.58 Å². The van der Waals surface area contributed by atoms with Crippen molar-refractivity contribution in [1.82, 2.24) is 14.5 Å². The third-order valence-corrected chi connectivity index (χ3v) is 12.5. The maximum absolute atomic E-state index is 6.31. The maximum Gasteiger partial charge on any atom is 0.227 e. The fourth-order valence-corrected chi connectivity index (χ4v) is 9.45. The minimum absolute atomic E-state index is 0.631. The lowest BCUT2D eigenvalue weighted by Crippen LogP contribution is -1.92. The first-order chi connectivity index (χ1) is 31.2. The van der Waals surface area contributed by atoms with Gasteiger partial charge in [0.05, 0.1) is 17.2 Å². The van der Waals surface area contributed by atoms with Gasteiger partial charge in [0.1, 0.15) is 11.2 Å². The van der Waals surface area contributed by atoms with Gasteiger partial charge in [0.25, 0.3) is 0 Å². The predicted octanol–water partition coefficient (Wildman–Crippen LogP) is 15.7. The molecule has 0 bridgehead atoms. The highest BCUT2D eigenvalue weighted by molar-refractivity contribution is 6.11. The van der Waals surface area contributed by atoms with Crippen LogP contribution in [0, 0.1) is 0 Å². The summed E-state index contributed by atoms with van der Waals surface area (Å²) in [4.78, 5) is 9.08. The van der Waals surface area contributed by atoms with Crippen LogP contribution in [0.15, 0.2) is 222 Å². The van der Waals surface area contributed by atoms with Gasteiger partial charge in [0.2, 0.25) is 5.71 Å². The molecule has 0 saturated heterocycles. The highest BCUT2D eigenvalue weighted by atomic mass is 16.3. The van der Waals surface area contributed by atoms with Crippen molar-refractivity contribution in [3.05, 3.63) is 213 Å². The third-order valence-electron chi connectivity index (χ3n) is 12.5. The van der Waals surface area contributed by atoms with E-state index in [1.165, 1.54) is 27.4 Å². The van der Waals surface area contributed by atoms with Gasteiger partial charge in [-0.3, -0.25) is 4.98 Å². The lowest BCUT2D eigenvalue weighted by molar-refractivity contribution is 0.654. The summed E-state index contributed by atoms with van der Waals surface area (Å²) in [6.45, 7) is 0. The standard InChI is InChI=1S/C58H35N3O2/c1-2-15-46(16-3-1)61-53-18-5-4-17-47(53)49-30-42(19-22-54(49)61)40-13-8-14-41(29-40)45-33-52-51-32-44(21-24-56(51)63-58(52)60-34-45)39-12-7-10-37(28-39)36-9-6-11-38(27-36)43-20-23-55-50(31-43)48-25-26-59-35-57(48)62-55/h1-35H. The average molecular weight is 806 g/mol. The van der Waals surface area contributed by atoms with Crippen LogP contribution in [-0.4, -0.2) is 14.5 Å². The maximum atomic E-state index is 6.31. The number of aromatic nitrogens is 3. The van der Waals surface area contributed by atoms with Crippen molar-refractivity contribution in [2.75, 3.05) is 0 Å². The van der Waals surface area contributed by atoms with E-state index in [2.05, 4.69) is 198 Å². The third kappa shape index (κ3) is 5.86. The lowest BCUT2D eigenvalue weighted by Gasteiger charge is -2.09. The van der Waals surface area contributed by atoms with Crippen molar-refractivity contribution in [3.63, 3.8) is 0 Å². The van der Waals surface area contributed by atoms with Gasteiger partial charge in [-0.15, -0.1) is 0 Å². The molecular weight excluding hydrogens is 771 g/mol. The topological polar surface area (TPSA) is 57.0 Å². The number of nitrogens with zero attached hydrogens (tertiary/aromatic N) is 3. The molecule has 13 rings (SSSR count). The van der Waals surface area contributed by atoms with Crippen LogP contribution in [0.25, 0.3) is 127 Å². The van der Waals surface area contributed by atoms with Crippen LogP contribution in [0.1, 0.15) is 0 Å². The number of rotatable bonds is 6. The van der Waals surface area contributed by atoms with Crippen LogP contribution in [0.3, 0.4) is 0 Å². The molecular formula is C58H35N3O2. The molecule has 0 spiro atoms. The summed E-state index contributed by atoms with van der Waals surface area (Å²) >= 11 is 0. The van der Waals surface area contributed by atoms with Gasteiger partial charge < -0.3 is 13.4 Å². The van der Waals surface area contributed by atoms with E-state index in [-0.39, 0.29) is 0 Å². The van der Waals surface area contributed by atoms with Crippen LogP contribution >= 0.6 is 0 Å². The number of pyridine rings is 2. The molecule has 0 unspecified atom stereocenters. The van der Waals surface area contributed by atoms with E-state index in [0.717, 1.165) is 94.1 Å². The first kappa shape index (κ1) is 35.2. The Kier molecular flexibility index (Phi) is 7.84. The molecule has 0 N–H and O–H groups in total. The largest absolute Gasteiger partial charge is 0.454 e. The first-order valence-electron chi connectivity index (χ1n) is 21.2. The molecule has 0 fully saturated rings. The molecule has 5 aromatic heterocycles. The van der Waals surface area contributed by atoms with Crippen molar-refractivity contribution >= 4 is 65.8 Å². The quantitative estimate of drug-likeness (QED) is 0.168. The Bertz CT molecular complexity index is 3930. The van der Waals surface area contributed by atoms with E-state index in [1.54, 1.807) is 6.20 Å². The lowest BCUT2D eigenvalue weighted by atomic mass is 9.95. The molecule has 0 amide bonds. The van der Waals surface area contributed by atoms with E-state index < -0.39 is 0 Å². The molecule has 5 nitrogen and oxygen atoms in total. The summed E-state index contributed by atoms with van der Waals surface area (Å²) in [5.74, 6) is 0. The second-order valence-electron chi connectivity index (χ2n) is 16.2. The fourth-order valence-electron chi connectivity index (χ4n) is 9.45. The van der Waals surface area contributed by atoms with E-state index in [9.17, 15) is 0 Å². The number of para-hydroxylation sites is 2. The van der Waals surface area contributed by atoms with E-state index in [0.29, 0.717) is 5.71 Å². The van der Waals surface area contributed by atoms with Crippen molar-refractivity contribution in [2.24, 2.45) is 0 Å². The van der Waals surface area contributed by atoms with Crippen LogP contribution in [-0.2, 0) is 0 Å². The van der Waals surface area contributed by atoms with Crippen LogP contribution in [0.5, 0.6) is 0 Å². The molecule has 294 valence electrons. The summed E-state index contributed by atoms with van der Waals surface area (Å²) in [7, 11) is 0. The molecule has 0 aliphatic carbocycles. The summed E-state index contributed by atoms with van der Waals surface area (Å²) in [6, 6.07) is 69.4. The molecule has 13 aromatic rings. The minimum Gasteiger partial charge on any atom is -0.454 e. The Morgan fingerprint density at radius 2 is 0.841 bits per heavy atom. The Morgan fingerprint density at radius 3 is 1.52 bits per heavy atom. The molecule has 5 heteroatoms. The van der Waals surface area contributed by atoms with Crippen LogP contribution in [0.2, 0.25) is 0 Å². The summed E-state index contributed by atoms with van der Waals surface area (Å²) < 4.78 is 14.7. The number of hydrogen-bond donors (Lipinski definition) is 0. The number of fused-ring (bicyclic) bond motifs is 9. The van der Waals surface area contributed by atoms with Gasteiger partial charge in [-0.2, -0.15) is 0 Å². The molecule has 0 saturated carbocycles. The normalized spacial score (nSPS) is 11.8. The van der Waals surface area contributed by atoms with E-state index in [4.69, 9.17) is 13.8 Å². The first-order valence-corrected chi connectivity index (χ1v) is 21.2. The number of hydrogen-bond acceptors (Lipinski definition) is 4. The van der Waals surface area contributed by atoms with Gasteiger partial charge in [-0.1, -0.05) is 109 Å². The van der Waals surface area contributed by atoms with E-state index >= 15 is 0 Å². The average Bonchev–Trinajstić information content (AvgIpc) is 4.03. The second kappa shape index (κ2) is 14.0. The Balaban J connectivity index is 0.835. The SMILES string of the molecule is c1ccc(-n2c3ccccc3c3cc(-c4cccc(-c5cnc6oc7ccc(-c8cccc(-c9cccc(-c%10ccc%11oc%12cnccc%12c%11c%10)c9)c8)cc7c6c5)c4)ccc32)cc1.